The molecule has 1 fully saturated rings. The fraction of sp³-hybridized carbons (Fsp3) is 0.438. The second kappa shape index (κ2) is 7.23. The summed E-state index contributed by atoms with van der Waals surface area (Å²) in [6.45, 7) is 5.20. The number of rotatable bonds is 5. The van der Waals surface area contributed by atoms with Crippen molar-refractivity contribution < 1.29 is 9.47 Å². The van der Waals surface area contributed by atoms with Gasteiger partial charge in [0.1, 0.15) is 5.82 Å². The van der Waals surface area contributed by atoms with Crippen LogP contribution in [0.5, 0.6) is 5.88 Å². The predicted octanol–water partition coefficient (Wildman–Crippen LogP) is 1.72. The van der Waals surface area contributed by atoms with Gasteiger partial charge in [-0.05, 0) is 18.6 Å². The highest BCUT2D eigenvalue weighted by Crippen LogP contribution is 2.16. The van der Waals surface area contributed by atoms with Crippen molar-refractivity contribution in [3.05, 3.63) is 36.2 Å². The second-order valence-corrected chi connectivity index (χ2v) is 5.43. The first kappa shape index (κ1) is 15.5. The van der Waals surface area contributed by atoms with Gasteiger partial charge in [-0.15, -0.1) is 0 Å². The monoisotopic (exact) mass is 315 g/mol. The van der Waals surface area contributed by atoms with Crippen LogP contribution in [0, 0.1) is 0 Å². The van der Waals surface area contributed by atoms with Crippen LogP contribution in [0.1, 0.15) is 12.5 Å². The van der Waals surface area contributed by atoms with Crippen molar-refractivity contribution in [1.82, 2.24) is 15.0 Å². The van der Waals surface area contributed by atoms with E-state index in [-0.39, 0.29) is 6.10 Å². The molecular weight excluding hydrogens is 294 g/mol. The number of hydrogen-bond acceptors (Lipinski definition) is 7. The summed E-state index contributed by atoms with van der Waals surface area (Å²) in [7, 11) is 1.58. The molecule has 1 N–H and O–H groups in total. The molecule has 0 aliphatic carbocycles. The minimum Gasteiger partial charge on any atom is -0.481 e. The number of nitrogens with one attached hydrogen (secondary N) is 1. The number of ether oxygens (including phenoxy) is 2. The lowest BCUT2D eigenvalue weighted by Gasteiger charge is -2.32. The molecule has 1 atom stereocenters. The Kier molecular flexibility index (Phi) is 4.87. The maximum atomic E-state index is 5.56. The molecule has 0 bridgehead atoms. The standard InChI is InChI=1S/C16H21N5O2/c1-12-11-21(7-8-23-12)14-4-3-13(9-18-14)10-19-16-17-6-5-15(20-16)22-2/h3-6,9,12H,7-8,10-11H2,1-2H3,(H,17,19,20)/t12-/m0/s1. The minimum absolute atomic E-state index is 0.247. The smallest absolute Gasteiger partial charge is 0.226 e. The van der Waals surface area contributed by atoms with Crippen molar-refractivity contribution in [2.45, 2.75) is 19.6 Å². The summed E-state index contributed by atoms with van der Waals surface area (Å²) in [6.07, 6.45) is 3.79. The zero-order valence-corrected chi connectivity index (χ0v) is 13.4. The van der Waals surface area contributed by atoms with Gasteiger partial charge in [-0.25, -0.2) is 9.97 Å². The predicted molar refractivity (Wildman–Crippen MR) is 87.8 cm³/mol. The van der Waals surface area contributed by atoms with E-state index in [0.29, 0.717) is 18.4 Å². The molecule has 0 spiro atoms. The molecule has 1 aliphatic heterocycles. The van der Waals surface area contributed by atoms with Crippen molar-refractivity contribution in [3.63, 3.8) is 0 Å². The molecule has 0 unspecified atom stereocenters. The number of aromatic nitrogens is 3. The molecule has 3 heterocycles. The van der Waals surface area contributed by atoms with E-state index in [0.717, 1.165) is 31.1 Å². The lowest BCUT2D eigenvalue weighted by atomic mass is 10.2. The molecule has 7 heteroatoms. The quantitative estimate of drug-likeness (QED) is 0.900. The van der Waals surface area contributed by atoms with Crippen LogP contribution in [-0.2, 0) is 11.3 Å². The molecule has 0 aromatic carbocycles. The highest BCUT2D eigenvalue weighted by atomic mass is 16.5. The molecule has 2 aromatic rings. The van der Waals surface area contributed by atoms with E-state index in [1.807, 2.05) is 12.3 Å². The molecule has 3 rings (SSSR count). The summed E-state index contributed by atoms with van der Waals surface area (Å²) < 4.78 is 10.6. The molecule has 122 valence electrons. The Balaban J connectivity index is 1.59. The van der Waals surface area contributed by atoms with Gasteiger partial charge in [-0.1, -0.05) is 6.07 Å². The first-order valence-electron chi connectivity index (χ1n) is 7.67. The van der Waals surface area contributed by atoms with Crippen LogP contribution >= 0.6 is 0 Å². The van der Waals surface area contributed by atoms with Crippen LogP contribution in [0.3, 0.4) is 0 Å². The summed E-state index contributed by atoms with van der Waals surface area (Å²) >= 11 is 0. The molecule has 0 saturated carbocycles. The Hall–Kier alpha value is -2.41. The van der Waals surface area contributed by atoms with Gasteiger partial charge >= 0.3 is 0 Å². The van der Waals surface area contributed by atoms with Crippen LogP contribution in [0.25, 0.3) is 0 Å². The average Bonchev–Trinajstić information content (AvgIpc) is 2.60. The maximum absolute atomic E-state index is 5.56. The summed E-state index contributed by atoms with van der Waals surface area (Å²) in [5.74, 6) is 2.06. The molecule has 7 nitrogen and oxygen atoms in total. The van der Waals surface area contributed by atoms with Crippen LogP contribution in [-0.4, -0.2) is 47.9 Å². The van der Waals surface area contributed by atoms with Gasteiger partial charge in [0.15, 0.2) is 0 Å². The van der Waals surface area contributed by atoms with Crippen molar-refractivity contribution in [2.75, 3.05) is 37.0 Å². The lowest BCUT2D eigenvalue weighted by molar-refractivity contribution is 0.0529. The number of nitrogens with zero attached hydrogens (tertiary/aromatic N) is 4. The lowest BCUT2D eigenvalue weighted by Crippen LogP contribution is -2.41. The van der Waals surface area contributed by atoms with Gasteiger partial charge < -0.3 is 19.7 Å². The first-order valence-corrected chi connectivity index (χ1v) is 7.67. The largest absolute Gasteiger partial charge is 0.481 e. The summed E-state index contributed by atoms with van der Waals surface area (Å²) in [5, 5.41) is 3.17. The van der Waals surface area contributed by atoms with Crippen LogP contribution in [0.15, 0.2) is 30.6 Å². The third-order valence-corrected chi connectivity index (χ3v) is 3.66. The SMILES string of the molecule is COc1ccnc(NCc2ccc(N3CCO[C@@H](C)C3)nc2)n1. The third-order valence-electron chi connectivity index (χ3n) is 3.66. The Morgan fingerprint density at radius 1 is 1.35 bits per heavy atom. The van der Waals surface area contributed by atoms with E-state index in [4.69, 9.17) is 9.47 Å². The van der Waals surface area contributed by atoms with Crippen LogP contribution in [0.4, 0.5) is 11.8 Å². The summed E-state index contributed by atoms with van der Waals surface area (Å²) in [5.41, 5.74) is 1.07. The average molecular weight is 315 g/mol. The van der Waals surface area contributed by atoms with Gasteiger partial charge in [-0.2, -0.15) is 4.98 Å². The molecule has 2 aromatic heterocycles. The second-order valence-electron chi connectivity index (χ2n) is 5.43. The van der Waals surface area contributed by atoms with Gasteiger partial charge in [0.2, 0.25) is 11.8 Å². The Morgan fingerprint density at radius 3 is 3.00 bits per heavy atom. The van der Waals surface area contributed by atoms with Gasteiger partial charge in [-0.3, -0.25) is 0 Å². The van der Waals surface area contributed by atoms with Crippen molar-refractivity contribution in [2.24, 2.45) is 0 Å². The fourth-order valence-electron chi connectivity index (χ4n) is 2.46. The normalized spacial score (nSPS) is 17.8. The van der Waals surface area contributed by atoms with E-state index < -0.39 is 0 Å². The van der Waals surface area contributed by atoms with Crippen molar-refractivity contribution >= 4 is 11.8 Å². The summed E-state index contributed by atoms with van der Waals surface area (Å²) in [4.78, 5) is 15.2. The maximum Gasteiger partial charge on any atom is 0.226 e. The van der Waals surface area contributed by atoms with Crippen molar-refractivity contribution in [3.8, 4) is 5.88 Å². The Morgan fingerprint density at radius 2 is 2.26 bits per heavy atom. The molecule has 1 aliphatic rings. The third kappa shape index (κ3) is 4.07. The number of hydrogen-bond donors (Lipinski definition) is 1. The number of methoxy groups -OCH3 is 1. The minimum atomic E-state index is 0.247. The topological polar surface area (TPSA) is 72.4 Å². The van der Waals surface area contributed by atoms with E-state index in [2.05, 4.69) is 38.2 Å². The number of anilines is 2. The van der Waals surface area contributed by atoms with Crippen LogP contribution in [0.2, 0.25) is 0 Å². The zero-order chi connectivity index (χ0) is 16.1. The highest BCUT2D eigenvalue weighted by Gasteiger charge is 2.17. The highest BCUT2D eigenvalue weighted by molar-refractivity contribution is 5.40. The Labute approximate surface area is 135 Å². The van der Waals surface area contributed by atoms with Gasteiger partial charge in [0, 0.05) is 38.1 Å². The fourth-order valence-corrected chi connectivity index (χ4v) is 2.46. The first-order chi connectivity index (χ1) is 11.2. The van der Waals surface area contributed by atoms with Gasteiger partial charge in [0.25, 0.3) is 0 Å². The summed E-state index contributed by atoms with van der Waals surface area (Å²) in [6, 6.07) is 5.82. The van der Waals surface area contributed by atoms with E-state index in [1.54, 1.807) is 19.4 Å². The Bertz CT molecular complexity index is 635. The van der Waals surface area contributed by atoms with Gasteiger partial charge in [0.05, 0.1) is 19.8 Å². The van der Waals surface area contributed by atoms with Crippen LogP contribution < -0.4 is 15.0 Å². The molecule has 0 radical (unpaired) electrons. The number of pyridine rings is 1. The molecule has 0 amide bonds. The molecule has 23 heavy (non-hydrogen) atoms. The number of morpholine rings is 1. The molecule has 1 saturated heterocycles. The molecular formula is C16H21N5O2. The van der Waals surface area contributed by atoms with Crippen molar-refractivity contribution in [1.29, 1.82) is 0 Å². The van der Waals surface area contributed by atoms with E-state index >= 15 is 0 Å². The van der Waals surface area contributed by atoms with E-state index in [9.17, 15) is 0 Å². The zero-order valence-electron chi connectivity index (χ0n) is 13.4. The van der Waals surface area contributed by atoms with E-state index in [1.165, 1.54) is 0 Å².